The maximum absolute atomic E-state index is 13.6. The van der Waals surface area contributed by atoms with E-state index in [1.807, 2.05) is 13.8 Å². The average molecular weight is 787 g/mol. The lowest BCUT2D eigenvalue weighted by atomic mass is 10.0. The lowest BCUT2D eigenvalue weighted by molar-refractivity contribution is -0.116. The van der Waals surface area contributed by atoms with Crippen molar-refractivity contribution in [2.24, 2.45) is 15.7 Å². The van der Waals surface area contributed by atoms with Gasteiger partial charge in [0.05, 0.1) is 33.0 Å². The summed E-state index contributed by atoms with van der Waals surface area (Å²) in [7, 11) is -1.66. The van der Waals surface area contributed by atoms with Gasteiger partial charge in [-0.3, -0.25) is 24.4 Å². The summed E-state index contributed by atoms with van der Waals surface area (Å²) >= 11 is 2.19. The first kappa shape index (κ1) is 38.3. The van der Waals surface area contributed by atoms with Gasteiger partial charge in [0.15, 0.2) is 14.7 Å². The molecule has 0 spiro atoms. The predicted molar refractivity (Wildman–Crippen MR) is 212 cm³/mol. The summed E-state index contributed by atoms with van der Waals surface area (Å²) in [4.78, 5) is 53.7. The number of rotatable bonds is 11. The van der Waals surface area contributed by atoms with Crippen LogP contribution in [-0.2, 0) is 14.6 Å². The van der Waals surface area contributed by atoms with Crippen molar-refractivity contribution in [3.63, 3.8) is 0 Å². The van der Waals surface area contributed by atoms with Gasteiger partial charge in [-0.15, -0.1) is 16.4 Å². The summed E-state index contributed by atoms with van der Waals surface area (Å²) in [5.74, 6) is -1.05. The third-order valence-electron chi connectivity index (χ3n) is 9.08. The van der Waals surface area contributed by atoms with Gasteiger partial charge >= 0.3 is 0 Å². The average Bonchev–Trinajstić information content (AvgIpc) is 3.73. The number of anilines is 1. The van der Waals surface area contributed by atoms with E-state index in [0.717, 1.165) is 34.9 Å². The third kappa shape index (κ3) is 7.90. The van der Waals surface area contributed by atoms with Crippen molar-refractivity contribution < 1.29 is 22.8 Å². The van der Waals surface area contributed by atoms with Crippen LogP contribution in [0.3, 0.4) is 0 Å². The van der Waals surface area contributed by atoms with Crippen LogP contribution in [0.15, 0.2) is 85.4 Å². The topological polar surface area (TPSA) is 237 Å². The first-order chi connectivity index (χ1) is 25.7. The molecule has 1 aromatic carbocycles. The summed E-state index contributed by atoms with van der Waals surface area (Å²) in [6.45, 7) is 5.73. The van der Waals surface area contributed by atoms with Crippen molar-refractivity contribution in [3.05, 3.63) is 92.2 Å². The van der Waals surface area contributed by atoms with Crippen LogP contribution in [0.4, 0.5) is 11.4 Å². The molecule has 3 amide bonds. The van der Waals surface area contributed by atoms with E-state index in [9.17, 15) is 22.8 Å². The lowest BCUT2D eigenvalue weighted by Gasteiger charge is -2.09. The van der Waals surface area contributed by atoms with Crippen molar-refractivity contribution in [1.82, 2.24) is 31.1 Å². The molecule has 1 saturated carbocycles. The van der Waals surface area contributed by atoms with Gasteiger partial charge in [0, 0.05) is 67.6 Å². The molecule has 15 nitrogen and oxygen atoms in total. The monoisotopic (exact) mass is 786 g/mol. The second kappa shape index (κ2) is 15.5. The number of nitrogens with zero attached hydrogens (tertiary/aromatic N) is 5. The van der Waals surface area contributed by atoms with Gasteiger partial charge in [-0.05, 0) is 62.6 Å². The molecule has 0 bridgehead atoms. The highest BCUT2D eigenvalue weighted by Crippen LogP contribution is 2.45. The fourth-order valence-corrected chi connectivity index (χ4v) is 8.48. The number of carbonyl (C=O) groups is 3. The Morgan fingerprint density at radius 2 is 1.63 bits per heavy atom. The molecule has 1 aliphatic heterocycles. The van der Waals surface area contributed by atoms with Crippen LogP contribution in [0.2, 0.25) is 0 Å². The second-order valence-corrected chi connectivity index (χ2v) is 16.8. The number of sulfone groups is 1. The van der Waals surface area contributed by atoms with E-state index < -0.39 is 15.7 Å². The number of nitrogen functional groups attached to an aromatic ring is 1. The van der Waals surface area contributed by atoms with Gasteiger partial charge in [-0.25, -0.2) is 13.4 Å². The number of amides is 3. The van der Waals surface area contributed by atoms with E-state index in [1.165, 1.54) is 12.4 Å². The molecule has 2 unspecified atom stereocenters. The number of thioether (sulfide) groups is 1. The number of hydrogen-bond acceptors (Lipinski definition) is 14. The first-order valence-electron chi connectivity index (χ1n) is 16.7. The quantitative estimate of drug-likeness (QED) is 0.109. The zero-order chi connectivity index (χ0) is 38.9. The highest BCUT2D eigenvalue weighted by atomic mass is 32.2. The van der Waals surface area contributed by atoms with E-state index in [0.29, 0.717) is 55.5 Å². The molecule has 2 atom stereocenters. The molecule has 4 heterocycles. The molecule has 18 heteroatoms. The Bertz CT molecular complexity index is 2420. The van der Waals surface area contributed by atoms with Crippen LogP contribution < -0.4 is 27.4 Å². The van der Waals surface area contributed by atoms with Crippen molar-refractivity contribution in [3.8, 4) is 0 Å². The number of fused-ring (bicyclic) bond motifs is 1. The van der Waals surface area contributed by atoms with Crippen LogP contribution in [0.1, 0.15) is 57.5 Å². The van der Waals surface area contributed by atoms with Gasteiger partial charge in [0.1, 0.15) is 14.8 Å². The van der Waals surface area contributed by atoms with Crippen molar-refractivity contribution in [2.75, 3.05) is 32.1 Å². The number of aliphatic imine (C=N–C) groups is 2. The molecular formula is C36H38N10O5S3. The van der Waals surface area contributed by atoms with Crippen LogP contribution in [0, 0.1) is 6.92 Å². The maximum Gasteiger partial charge on any atom is 0.263 e. The van der Waals surface area contributed by atoms with Crippen LogP contribution in [0.5, 0.6) is 0 Å². The Balaban J connectivity index is 1.23. The number of benzene rings is 1. The minimum atomic E-state index is -3.31. The number of pyridine rings is 1. The Morgan fingerprint density at radius 1 is 0.963 bits per heavy atom. The number of aromatic nitrogens is 3. The van der Waals surface area contributed by atoms with Gasteiger partial charge < -0.3 is 27.4 Å². The molecule has 4 aromatic rings. The summed E-state index contributed by atoms with van der Waals surface area (Å²) < 4.78 is 23.7. The van der Waals surface area contributed by atoms with E-state index >= 15 is 0 Å². The van der Waals surface area contributed by atoms with Crippen molar-refractivity contribution in [2.45, 2.75) is 44.0 Å². The van der Waals surface area contributed by atoms with Crippen LogP contribution >= 0.6 is 23.1 Å². The number of thiophene rings is 1. The van der Waals surface area contributed by atoms with Crippen LogP contribution in [-0.4, -0.2) is 84.5 Å². The maximum atomic E-state index is 13.6. The number of allylic oxidation sites excluding steroid dienone is 2. The van der Waals surface area contributed by atoms with E-state index in [-0.39, 0.29) is 62.9 Å². The highest BCUT2D eigenvalue weighted by Gasteiger charge is 2.40. The molecule has 3 aromatic heterocycles. The molecule has 280 valence electrons. The van der Waals surface area contributed by atoms with Crippen molar-refractivity contribution >= 4 is 83.0 Å². The summed E-state index contributed by atoms with van der Waals surface area (Å²) in [6.07, 6.45) is 4.91. The predicted octanol–water partition coefficient (Wildman–Crippen LogP) is 3.57. The molecule has 0 saturated heterocycles. The lowest BCUT2D eigenvalue weighted by Crippen LogP contribution is -2.35. The fourth-order valence-electron chi connectivity index (χ4n) is 5.83. The molecule has 0 radical (unpaired) electrons. The molecule has 6 rings (SSSR count). The number of aryl methyl sites for hydroxylation is 1. The van der Waals surface area contributed by atoms with Crippen LogP contribution in [0.25, 0.3) is 10.2 Å². The number of nitrogens with one attached hydrogen (secondary N) is 3. The van der Waals surface area contributed by atoms with Gasteiger partial charge in [-0.2, -0.15) is 5.10 Å². The standard InChI is InChI=1S/C36H38N10O5S3/c1-17(18(2)39-4)25-27(37)30(33(48)42-15-14-41-32(47)21-10-12-40-13-11-21)52-35(25)44-29-19(3)45-46-36-26(29)28(38)31(53-36)34(49)43-24-16-23(24)20-6-8-22(9-7-20)54(5,50)51/h6-13,23-24H,14-16,37-38H2,1-5H3,(H,41,47)(H,42,48)(H,43,49)/b25-17-,39-18?,44-35?. The summed E-state index contributed by atoms with van der Waals surface area (Å²) in [5.41, 5.74) is 17.9. The third-order valence-corrected chi connectivity index (χ3v) is 12.4. The molecule has 1 fully saturated rings. The Morgan fingerprint density at radius 3 is 2.28 bits per heavy atom. The number of nitrogens with two attached hydrogens (primary N) is 2. The smallest absolute Gasteiger partial charge is 0.263 e. The zero-order valence-electron chi connectivity index (χ0n) is 30.1. The van der Waals surface area contributed by atoms with Gasteiger partial charge in [-0.1, -0.05) is 23.9 Å². The number of hydrogen-bond donors (Lipinski definition) is 5. The molecular weight excluding hydrogens is 749 g/mol. The second-order valence-electron chi connectivity index (χ2n) is 12.7. The molecule has 7 N–H and O–H groups in total. The molecule has 2 aliphatic rings. The summed E-state index contributed by atoms with van der Waals surface area (Å²) in [6, 6.07) is 9.72. The Labute approximate surface area is 319 Å². The Hall–Kier alpha value is -5.46. The summed E-state index contributed by atoms with van der Waals surface area (Å²) in [5, 5.41) is 18.1. The minimum absolute atomic E-state index is 0.0419. The molecule has 54 heavy (non-hydrogen) atoms. The largest absolute Gasteiger partial charge is 0.397 e. The van der Waals surface area contributed by atoms with Crippen molar-refractivity contribution in [1.29, 1.82) is 0 Å². The number of carbonyl (C=O) groups excluding carboxylic acids is 3. The van der Waals surface area contributed by atoms with Gasteiger partial charge in [0.25, 0.3) is 17.7 Å². The SMILES string of the molecule is CN=C(C)/C(C)=C1\C(=Nc2c(C)nnc3sc(C(=O)NC4CC4c4ccc(S(C)(=O)=O)cc4)c(N)c23)SC(C(=O)NCCNC(=O)c2ccncc2)=C1N. The molecule has 1 aliphatic carbocycles. The minimum Gasteiger partial charge on any atom is -0.397 e. The van der Waals surface area contributed by atoms with E-state index in [1.54, 1.807) is 50.4 Å². The van der Waals surface area contributed by atoms with Gasteiger partial charge in [0.2, 0.25) is 0 Å². The Kier molecular flexibility index (Phi) is 11.0. The first-order valence-corrected chi connectivity index (χ1v) is 20.3. The fraction of sp³-hybridized carbons (Fsp3) is 0.278. The normalized spacial score (nSPS) is 18.9. The van der Waals surface area contributed by atoms with E-state index in [4.69, 9.17) is 16.5 Å². The van der Waals surface area contributed by atoms with E-state index in [2.05, 4.69) is 36.1 Å². The highest BCUT2D eigenvalue weighted by molar-refractivity contribution is 8.19. The zero-order valence-corrected chi connectivity index (χ0v) is 32.5.